The third kappa shape index (κ3) is 3.23. The maximum absolute atomic E-state index is 12.4. The van der Waals surface area contributed by atoms with Crippen LogP contribution in [0.15, 0.2) is 24.3 Å². The minimum Gasteiger partial charge on any atom is -0.492 e. The van der Waals surface area contributed by atoms with Crippen molar-refractivity contribution in [2.75, 3.05) is 32.8 Å². The van der Waals surface area contributed by atoms with Crippen molar-refractivity contribution in [2.45, 2.75) is 18.8 Å². The van der Waals surface area contributed by atoms with Crippen LogP contribution in [-0.2, 0) is 4.79 Å². The predicted octanol–water partition coefficient (Wildman–Crippen LogP) is 1.51. The van der Waals surface area contributed by atoms with Gasteiger partial charge in [0.15, 0.2) is 0 Å². The van der Waals surface area contributed by atoms with Crippen LogP contribution < -0.4 is 10.1 Å². The molecule has 2 heterocycles. The molecule has 1 amide bonds. The third-order valence-corrected chi connectivity index (χ3v) is 4.58. The molecule has 1 aromatic carbocycles. The van der Waals surface area contributed by atoms with Gasteiger partial charge in [0.1, 0.15) is 18.3 Å². The second-order valence-corrected chi connectivity index (χ2v) is 6.02. The molecule has 1 saturated heterocycles. The van der Waals surface area contributed by atoms with Gasteiger partial charge in [0.25, 0.3) is 0 Å². The molecule has 1 aromatic rings. The van der Waals surface area contributed by atoms with E-state index in [4.69, 9.17) is 10.00 Å². The van der Waals surface area contributed by atoms with Crippen LogP contribution in [0.25, 0.3) is 0 Å². The number of hydrogen-bond donors (Lipinski definition) is 1. The van der Waals surface area contributed by atoms with Crippen molar-refractivity contribution in [2.24, 2.45) is 5.92 Å². The monoisotopic (exact) mass is 299 g/mol. The van der Waals surface area contributed by atoms with Crippen LogP contribution in [0, 0.1) is 17.2 Å². The lowest BCUT2D eigenvalue weighted by Gasteiger charge is -2.30. The number of benzene rings is 1. The molecule has 0 bridgehead atoms. The fraction of sp³-hybridized carbons (Fsp3) is 0.529. The molecule has 3 rings (SSSR count). The van der Waals surface area contributed by atoms with Gasteiger partial charge in [-0.25, -0.2) is 0 Å². The Labute approximate surface area is 130 Å². The molecule has 0 aromatic heterocycles. The molecule has 1 fully saturated rings. The number of nitrogens with zero attached hydrogens (tertiary/aromatic N) is 2. The van der Waals surface area contributed by atoms with Crippen molar-refractivity contribution in [1.29, 1.82) is 5.26 Å². The van der Waals surface area contributed by atoms with Gasteiger partial charge in [-0.05, 0) is 37.9 Å². The molecule has 0 spiro atoms. The zero-order valence-electron chi connectivity index (χ0n) is 12.6. The van der Waals surface area contributed by atoms with Gasteiger partial charge in [0, 0.05) is 12.1 Å². The molecule has 22 heavy (non-hydrogen) atoms. The second kappa shape index (κ2) is 6.80. The Bertz CT molecular complexity index is 574. The number of likely N-dealkylation sites (tertiary alicyclic amines) is 1. The van der Waals surface area contributed by atoms with Crippen molar-refractivity contribution in [1.82, 2.24) is 10.2 Å². The van der Waals surface area contributed by atoms with Crippen molar-refractivity contribution >= 4 is 5.91 Å². The minimum absolute atomic E-state index is 0.0596. The Morgan fingerprint density at radius 3 is 2.91 bits per heavy atom. The lowest BCUT2D eigenvalue weighted by atomic mass is 9.96. The Hall–Kier alpha value is -2.06. The van der Waals surface area contributed by atoms with E-state index in [1.807, 2.05) is 24.3 Å². The van der Waals surface area contributed by atoms with Gasteiger partial charge in [-0.15, -0.1) is 0 Å². The smallest absolute Gasteiger partial charge is 0.231 e. The molecule has 0 saturated carbocycles. The second-order valence-electron chi connectivity index (χ2n) is 6.02. The maximum atomic E-state index is 12.4. The number of para-hydroxylation sites is 1. The lowest BCUT2D eigenvalue weighted by molar-refractivity contribution is -0.123. The number of hydrogen-bond acceptors (Lipinski definition) is 4. The van der Waals surface area contributed by atoms with E-state index in [2.05, 4.69) is 16.3 Å². The Balaban J connectivity index is 1.47. The first-order valence-corrected chi connectivity index (χ1v) is 7.86. The predicted molar refractivity (Wildman–Crippen MR) is 82.5 cm³/mol. The van der Waals surface area contributed by atoms with E-state index in [0.29, 0.717) is 19.1 Å². The first kappa shape index (κ1) is 14.9. The number of nitrogens with one attached hydrogen (secondary N) is 1. The summed E-state index contributed by atoms with van der Waals surface area (Å²) in [5, 5.41) is 11.8. The molecular formula is C17H21N3O2. The third-order valence-electron chi connectivity index (χ3n) is 4.58. The number of carbonyl (C=O) groups is 1. The highest BCUT2D eigenvalue weighted by Crippen LogP contribution is 2.33. The van der Waals surface area contributed by atoms with Crippen LogP contribution in [0.1, 0.15) is 24.3 Å². The van der Waals surface area contributed by atoms with E-state index in [0.717, 1.165) is 43.8 Å². The Kier molecular flexibility index (Phi) is 4.59. The van der Waals surface area contributed by atoms with Crippen LogP contribution in [-0.4, -0.2) is 43.6 Å². The Morgan fingerprint density at radius 2 is 2.14 bits per heavy atom. The van der Waals surface area contributed by atoms with Gasteiger partial charge in [0.2, 0.25) is 5.91 Å². The first-order valence-electron chi connectivity index (χ1n) is 7.86. The highest BCUT2D eigenvalue weighted by atomic mass is 16.5. The summed E-state index contributed by atoms with van der Waals surface area (Å²) in [5.74, 6) is 1.21. The number of amides is 1. The summed E-state index contributed by atoms with van der Waals surface area (Å²) in [6, 6.07) is 9.93. The zero-order valence-corrected chi connectivity index (χ0v) is 12.6. The number of ether oxygens (including phenoxy) is 1. The lowest BCUT2D eigenvalue weighted by Crippen LogP contribution is -2.40. The summed E-state index contributed by atoms with van der Waals surface area (Å²) in [6.07, 6.45) is 2.08. The highest BCUT2D eigenvalue weighted by Gasteiger charge is 2.30. The normalized spacial score (nSPS) is 21.7. The van der Waals surface area contributed by atoms with Crippen LogP contribution in [0.2, 0.25) is 0 Å². The molecule has 2 aliphatic heterocycles. The largest absolute Gasteiger partial charge is 0.492 e. The van der Waals surface area contributed by atoms with Crippen LogP contribution >= 0.6 is 0 Å². The fourth-order valence-corrected chi connectivity index (χ4v) is 3.20. The molecule has 0 radical (unpaired) electrons. The van der Waals surface area contributed by atoms with Crippen molar-refractivity contribution in [3.05, 3.63) is 29.8 Å². The average Bonchev–Trinajstić information content (AvgIpc) is 2.98. The maximum Gasteiger partial charge on any atom is 0.231 e. The number of rotatable bonds is 4. The van der Waals surface area contributed by atoms with Gasteiger partial charge in [-0.3, -0.25) is 9.69 Å². The molecule has 0 aliphatic carbocycles. The van der Waals surface area contributed by atoms with Crippen molar-refractivity contribution < 1.29 is 9.53 Å². The average molecular weight is 299 g/mol. The topological polar surface area (TPSA) is 65.4 Å². The molecule has 116 valence electrons. The summed E-state index contributed by atoms with van der Waals surface area (Å²) in [4.78, 5) is 14.5. The summed E-state index contributed by atoms with van der Waals surface area (Å²) < 4.78 is 5.57. The summed E-state index contributed by atoms with van der Waals surface area (Å²) in [5.41, 5.74) is 0.990. The van der Waals surface area contributed by atoms with Gasteiger partial charge >= 0.3 is 0 Å². The number of carbonyl (C=O) groups excluding carboxylic acids is 1. The van der Waals surface area contributed by atoms with Crippen LogP contribution in [0.3, 0.4) is 0 Å². The van der Waals surface area contributed by atoms with E-state index in [1.54, 1.807) is 0 Å². The number of fused-ring (bicyclic) bond motifs is 1. The summed E-state index contributed by atoms with van der Waals surface area (Å²) in [7, 11) is 0. The molecule has 1 N–H and O–H groups in total. The molecule has 5 heteroatoms. The molecular weight excluding hydrogens is 278 g/mol. The number of nitriles is 1. The quantitative estimate of drug-likeness (QED) is 0.856. The molecule has 1 unspecified atom stereocenters. The standard InChI is InChI=1S/C17H21N3O2/c18-7-10-20-8-5-13(6-9-20)11-19-17(21)15-12-22-16-4-2-1-3-14(15)16/h1-4,13,15H,5-6,8-12H2,(H,19,21). The van der Waals surface area contributed by atoms with Gasteiger partial charge in [-0.2, -0.15) is 5.26 Å². The van der Waals surface area contributed by atoms with Gasteiger partial charge < -0.3 is 10.1 Å². The minimum atomic E-state index is -0.185. The fourth-order valence-electron chi connectivity index (χ4n) is 3.20. The van der Waals surface area contributed by atoms with E-state index < -0.39 is 0 Å². The molecule has 1 atom stereocenters. The SMILES string of the molecule is N#CCN1CCC(CNC(=O)C2COc3ccccc32)CC1. The number of piperidine rings is 1. The highest BCUT2D eigenvalue weighted by molar-refractivity contribution is 5.85. The van der Waals surface area contributed by atoms with Crippen molar-refractivity contribution in [3.63, 3.8) is 0 Å². The van der Waals surface area contributed by atoms with E-state index in [-0.39, 0.29) is 11.8 Å². The van der Waals surface area contributed by atoms with Crippen LogP contribution in [0.5, 0.6) is 5.75 Å². The zero-order chi connectivity index (χ0) is 15.4. The summed E-state index contributed by atoms with van der Waals surface area (Å²) in [6.45, 7) is 3.56. The first-order chi connectivity index (χ1) is 10.8. The Morgan fingerprint density at radius 1 is 1.36 bits per heavy atom. The van der Waals surface area contributed by atoms with Gasteiger partial charge in [-0.1, -0.05) is 18.2 Å². The molecule has 5 nitrogen and oxygen atoms in total. The van der Waals surface area contributed by atoms with E-state index in [1.165, 1.54) is 0 Å². The summed E-state index contributed by atoms with van der Waals surface area (Å²) >= 11 is 0. The van der Waals surface area contributed by atoms with Crippen LogP contribution in [0.4, 0.5) is 0 Å². The van der Waals surface area contributed by atoms with E-state index >= 15 is 0 Å². The molecule has 2 aliphatic rings. The van der Waals surface area contributed by atoms with Gasteiger partial charge in [0.05, 0.1) is 12.6 Å². The van der Waals surface area contributed by atoms with E-state index in [9.17, 15) is 4.79 Å². The van der Waals surface area contributed by atoms with Crippen molar-refractivity contribution in [3.8, 4) is 11.8 Å².